The van der Waals surface area contributed by atoms with Crippen molar-refractivity contribution in [2.24, 2.45) is 0 Å². The molecule has 0 unspecified atom stereocenters. The summed E-state index contributed by atoms with van der Waals surface area (Å²) in [7, 11) is 2.09. The molecule has 1 aromatic rings. The predicted molar refractivity (Wildman–Crippen MR) is 78.3 cm³/mol. The molecule has 2 rings (SSSR count). The lowest BCUT2D eigenvalue weighted by Gasteiger charge is -2.32. The lowest BCUT2D eigenvalue weighted by Crippen LogP contribution is -2.48. The molecule has 0 aliphatic carbocycles. The Kier molecular flexibility index (Phi) is 5.55. The number of amides is 1. The van der Waals surface area contributed by atoms with Gasteiger partial charge < -0.3 is 19.7 Å². The predicted octanol–water partition coefficient (Wildman–Crippen LogP) is 0.157. The fourth-order valence-electron chi connectivity index (χ4n) is 2.29. The van der Waals surface area contributed by atoms with Gasteiger partial charge in [-0.3, -0.25) is 4.79 Å². The van der Waals surface area contributed by atoms with Crippen molar-refractivity contribution in [1.29, 1.82) is 0 Å². The summed E-state index contributed by atoms with van der Waals surface area (Å²) in [4.78, 5) is 20.7. The van der Waals surface area contributed by atoms with Crippen LogP contribution in [0.25, 0.3) is 0 Å². The van der Waals surface area contributed by atoms with E-state index in [9.17, 15) is 4.79 Å². The normalized spacial score (nSPS) is 16.6. The van der Waals surface area contributed by atoms with Crippen molar-refractivity contribution in [1.82, 2.24) is 24.7 Å². The zero-order valence-corrected chi connectivity index (χ0v) is 12.5. The van der Waals surface area contributed by atoms with Crippen molar-refractivity contribution in [3.05, 3.63) is 18.2 Å². The van der Waals surface area contributed by atoms with Crippen LogP contribution in [0.4, 0.5) is 0 Å². The van der Waals surface area contributed by atoms with Gasteiger partial charge in [0.05, 0.1) is 12.0 Å². The van der Waals surface area contributed by atoms with E-state index < -0.39 is 0 Å². The Labute approximate surface area is 120 Å². The Balaban J connectivity index is 1.79. The van der Waals surface area contributed by atoms with Crippen molar-refractivity contribution < 1.29 is 4.79 Å². The lowest BCUT2D eigenvalue weighted by molar-refractivity contribution is -0.133. The van der Waals surface area contributed by atoms with Gasteiger partial charge in [0.2, 0.25) is 5.91 Å². The van der Waals surface area contributed by atoms with E-state index in [0.717, 1.165) is 51.4 Å². The number of rotatable bonds is 6. The van der Waals surface area contributed by atoms with Gasteiger partial charge in [0.1, 0.15) is 6.54 Å². The van der Waals surface area contributed by atoms with E-state index in [4.69, 9.17) is 0 Å². The van der Waals surface area contributed by atoms with Crippen LogP contribution in [0.1, 0.15) is 19.0 Å². The molecule has 1 amide bonds. The van der Waals surface area contributed by atoms with Gasteiger partial charge in [-0.05, 0) is 20.0 Å². The molecule has 0 saturated carbocycles. The first kappa shape index (κ1) is 15.0. The maximum atomic E-state index is 12.2. The minimum absolute atomic E-state index is 0.184. The maximum absolute atomic E-state index is 12.2. The van der Waals surface area contributed by atoms with Crippen molar-refractivity contribution in [2.75, 3.05) is 39.8 Å². The van der Waals surface area contributed by atoms with Crippen LogP contribution in [-0.2, 0) is 17.9 Å². The second kappa shape index (κ2) is 7.40. The smallest absolute Gasteiger partial charge is 0.242 e. The van der Waals surface area contributed by atoms with Gasteiger partial charge in [-0.25, -0.2) is 4.98 Å². The van der Waals surface area contributed by atoms with Crippen LogP contribution < -0.4 is 5.32 Å². The number of likely N-dealkylation sites (N-methyl/N-ethyl adjacent to an activating group) is 1. The summed E-state index contributed by atoms with van der Waals surface area (Å²) >= 11 is 0. The van der Waals surface area contributed by atoms with Gasteiger partial charge in [-0.1, -0.05) is 6.92 Å². The number of aromatic nitrogens is 2. The van der Waals surface area contributed by atoms with Gasteiger partial charge in [0, 0.05) is 38.9 Å². The Morgan fingerprint density at radius 3 is 2.80 bits per heavy atom. The maximum Gasteiger partial charge on any atom is 0.242 e. The number of imidazole rings is 1. The molecular weight excluding hydrogens is 254 g/mol. The summed E-state index contributed by atoms with van der Waals surface area (Å²) in [5.41, 5.74) is 0.990. The number of hydrogen-bond donors (Lipinski definition) is 1. The Bertz CT molecular complexity index is 423. The summed E-state index contributed by atoms with van der Waals surface area (Å²) in [6.07, 6.45) is 4.82. The molecule has 1 aromatic heterocycles. The third-order valence-corrected chi connectivity index (χ3v) is 3.59. The van der Waals surface area contributed by atoms with E-state index in [1.165, 1.54) is 0 Å². The topological polar surface area (TPSA) is 53.4 Å². The molecule has 1 aliphatic rings. The van der Waals surface area contributed by atoms with Gasteiger partial charge >= 0.3 is 0 Å². The van der Waals surface area contributed by atoms with Crippen LogP contribution in [0.5, 0.6) is 0 Å². The molecule has 1 fully saturated rings. The largest absolute Gasteiger partial charge is 0.339 e. The first-order chi connectivity index (χ1) is 9.69. The molecule has 1 N–H and O–H groups in total. The number of hydrogen-bond acceptors (Lipinski definition) is 4. The highest BCUT2D eigenvalue weighted by Gasteiger charge is 2.19. The Morgan fingerprint density at radius 2 is 2.10 bits per heavy atom. The highest BCUT2D eigenvalue weighted by Crippen LogP contribution is 2.03. The number of nitrogens with zero attached hydrogens (tertiary/aromatic N) is 4. The average Bonchev–Trinajstić information content (AvgIpc) is 2.87. The van der Waals surface area contributed by atoms with E-state index in [0.29, 0.717) is 6.54 Å². The molecule has 6 nitrogen and oxygen atoms in total. The fraction of sp³-hybridized carbons (Fsp3) is 0.714. The van der Waals surface area contributed by atoms with E-state index >= 15 is 0 Å². The highest BCUT2D eigenvalue weighted by molar-refractivity contribution is 5.76. The summed E-state index contributed by atoms with van der Waals surface area (Å²) in [6.45, 7) is 7.87. The van der Waals surface area contributed by atoms with Crippen LogP contribution >= 0.6 is 0 Å². The molecule has 0 spiro atoms. The van der Waals surface area contributed by atoms with E-state index in [1.807, 2.05) is 15.7 Å². The van der Waals surface area contributed by atoms with Gasteiger partial charge in [0.25, 0.3) is 0 Å². The van der Waals surface area contributed by atoms with Crippen molar-refractivity contribution in [3.63, 3.8) is 0 Å². The molecule has 0 bridgehead atoms. The number of nitrogens with one attached hydrogen (secondary N) is 1. The Morgan fingerprint density at radius 1 is 1.35 bits per heavy atom. The summed E-state index contributed by atoms with van der Waals surface area (Å²) in [5.74, 6) is 0.184. The molecule has 1 aliphatic heterocycles. The first-order valence-corrected chi connectivity index (χ1v) is 7.36. The summed E-state index contributed by atoms with van der Waals surface area (Å²) < 4.78 is 1.88. The van der Waals surface area contributed by atoms with Gasteiger partial charge in [-0.15, -0.1) is 0 Å². The molecule has 1 saturated heterocycles. The molecule has 20 heavy (non-hydrogen) atoms. The molecule has 0 atom stereocenters. The van der Waals surface area contributed by atoms with E-state index in [-0.39, 0.29) is 5.91 Å². The number of carbonyl (C=O) groups is 1. The molecular formula is C14H25N5O. The molecule has 0 aromatic carbocycles. The molecule has 2 heterocycles. The molecule has 0 radical (unpaired) electrons. The van der Waals surface area contributed by atoms with Crippen LogP contribution in [-0.4, -0.2) is 65.0 Å². The first-order valence-electron chi connectivity index (χ1n) is 7.36. The van der Waals surface area contributed by atoms with Crippen LogP contribution in [0.3, 0.4) is 0 Å². The lowest BCUT2D eigenvalue weighted by atomic mass is 10.3. The van der Waals surface area contributed by atoms with E-state index in [1.54, 1.807) is 6.33 Å². The molecule has 112 valence electrons. The number of carbonyl (C=O) groups excluding carboxylic acids is 1. The van der Waals surface area contributed by atoms with Crippen LogP contribution in [0.15, 0.2) is 12.5 Å². The molecule has 6 heteroatoms. The van der Waals surface area contributed by atoms with Crippen LogP contribution in [0, 0.1) is 0 Å². The quantitative estimate of drug-likeness (QED) is 0.754. The number of piperazine rings is 1. The highest BCUT2D eigenvalue weighted by atomic mass is 16.2. The minimum atomic E-state index is 0.184. The second-order valence-corrected chi connectivity index (χ2v) is 5.40. The van der Waals surface area contributed by atoms with Crippen LogP contribution in [0.2, 0.25) is 0 Å². The minimum Gasteiger partial charge on any atom is -0.339 e. The van der Waals surface area contributed by atoms with E-state index in [2.05, 4.69) is 29.2 Å². The van der Waals surface area contributed by atoms with Crippen molar-refractivity contribution >= 4 is 5.91 Å². The zero-order valence-electron chi connectivity index (χ0n) is 12.5. The SMILES string of the molecule is CCCNCc1cn(CC(=O)N2CCN(C)CC2)cn1. The monoisotopic (exact) mass is 279 g/mol. The van der Waals surface area contributed by atoms with Gasteiger partial charge in [-0.2, -0.15) is 0 Å². The summed E-state index contributed by atoms with van der Waals surface area (Å²) in [6, 6.07) is 0. The Hall–Kier alpha value is -1.40. The fourth-order valence-corrected chi connectivity index (χ4v) is 2.29. The second-order valence-electron chi connectivity index (χ2n) is 5.40. The third-order valence-electron chi connectivity index (χ3n) is 3.59. The summed E-state index contributed by atoms with van der Waals surface area (Å²) in [5, 5.41) is 3.31. The van der Waals surface area contributed by atoms with Gasteiger partial charge in [0.15, 0.2) is 0 Å². The average molecular weight is 279 g/mol. The van der Waals surface area contributed by atoms with Crippen molar-refractivity contribution in [2.45, 2.75) is 26.4 Å². The standard InChI is InChI=1S/C14H25N5O/c1-3-4-15-9-13-10-18(12-16-13)11-14(20)19-7-5-17(2)6-8-19/h10,12,15H,3-9,11H2,1-2H3. The zero-order chi connectivity index (χ0) is 14.4. The third kappa shape index (κ3) is 4.31. The van der Waals surface area contributed by atoms with Crippen molar-refractivity contribution in [3.8, 4) is 0 Å².